The molecule has 1 aromatic rings. The van der Waals surface area contributed by atoms with Crippen molar-refractivity contribution in [3.8, 4) is 0 Å². The van der Waals surface area contributed by atoms with Gasteiger partial charge in [0.25, 0.3) is 0 Å². The highest BCUT2D eigenvalue weighted by Gasteiger charge is 2.14. The lowest BCUT2D eigenvalue weighted by Crippen LogP contribution is -2.20. The number of nitrogens with zero attached hydrogens (tertiary/aromatic N) is 3. The molecule has 0 bridgehead atoms. The maximum Gasteiger partial charge on any atom is 0.148 e. The van der Waals surface area contributed by atoms with Gasteiger partial charge >= 0.3 is 0 Å². The van der Waals surface area contributed by atoms with E-state index < -0.39 is 0 Å². The second-order valence-electron chi connectivity index (χ2n) is 4.41. The van der Waals surface area contributed by atoms with E-state index >= 15 is 0 Å². The van der Waals surface area contributed by atoms with E-state index in [0.29, 0.717) is 6.54 Å². The minimum absolute atomic E-state index is 0.101. The third-order valence-corrected chi connectivity index (χ3v) is 2.77. The van der Waals surface area contributed by atoms with Crippen LogP contribution < -0.4 is 10.2 Å². The molecular weight excluding hydrogens is 216 g/mol. The second-order valence-corrected chi connectivity index (χ2v) is 4.41. The molecule has 0 unspecified atom stereocenters. The number of carbonyl (C=O) groups excluding carboxylic acids is 1. The molecule has 1 aliphatic rings. The molecule has 5 nitrogen and oxygen atoms in total. The van der Waals surface area contributed by atoms with Crippen LogP contribution in [0.1, 0.15) is 25.6 Å². The number of hydrogen-bond acceptors (Lipinski definition) is 5. The van der Waals surface area contributed by atoms with Crippen LogP contribution in [-0.2, 0) is 4.79 Å². The van der Waals surface area contributed by atoms with Gasteiger partial charge in [0.05, 0.1) is 6.54 Å². The van der Waals surface area contributed by atoms with Crippen molar-refractivity contribution in [2.75, 3.05) is 29.9 Å². The number of aromatic nitrogens is 2. The minimum atomic E-state index is 0.101. The predicted octanol–water partition coefficient (Wildman–Crippen LogP) is 1.39. The Hall–Kier alpha value is -1.65. The van der Waals surface area contributed by atoms with Crippen molar-refractivity contribution in [2.24, 2.45) is 0 Å². The van der Waals surface area contributed by atoms with Gasteiger partial charge in [0.2, 0.25) is 0 Å². The molecule has 0 spiro atoms. The van der Waals surface area contributed by atoms with Gasteiger partial charge in [-0.25, -0.2) is 9.97 Å². The molecule has 0 saturated carbocycles. The van der Waals surface area contributed by atoms with Crippen molar-refractivity contribution in [1.29, 1.82) is 0 Å². The van der Waals surface area contributed by atoms with E-state index in [-0.39, 0.29) is 5.78 Å². The maximum atomic E-state index is 10.9. The molecule has 0 radical (unpaired) electrons. The Bertz CT molecular complexity index is 413. The van der Waals surface area contributed by atoms with Gasteiger partial charge in [-0.05, 0) is 26.7 Å². The third kappa shape index (κ3) is 3.15. The summed E-state index contributed by atoms with van der Waals surface area (Å²) in [6.45, 7) is 5.86. The number of ketones is 1. The summed E-state index contributed by atoms with van der Waals surface area (Å²) < 4.78 is 0. The van der Waals surface area contributed by atoms with Crippen molar-refractivity contribution in [1.82, 2.24) is 9.97 Å². The van der Waals surface area contributed by atoms with Crippen LogP contribution in [0.2, 0.25) is 0 Å². The average molecular weight is 234 g/mol. The quantitative estimate of drug-likeness (QED) is 0.853. The van der Waals surface area contributed by atoms with Gasteiger partial charge in [-0.2, -0.15) is 0 Å². The molecule has 1 aromatic heterocycles. The van der Waals surface area contributed by atoms with E-state index in [0.717, 1.165) is 30.5 Å². The first-order valence-electron chi connectivity index (χ1n) is 5.99. The fourth-order valence-electron chi connectivity index (χ4n) is 1.97. The summed E-state index contributed by atoms with van der Waals surface area (Å²) in [5, 5.41) is 3.02. The lowest BCUT2D eigenvalue weighted by molar-refractivity contribution is -0.115. The summed E-state index contributed by atoms with van der Waals surface area (Å²) in [6.07, 6.45) is 2.44. The third-order valence-electron chi connectivity index (χ3n) is 2.77. The van der Waals surface area contributed by atoms with Gasteiger partial charge in [0.15, 0.2) is 0 Å². The van der Waals surface area contributed by atoms with E-state index in [9.17, 15) is 4.79 Å². The summed E-state index contributed by atoms with van der Waals surface area (Å²) in [4.78, 5) is 21.9. The van der Waals surface area contributed by atoms with E-state index in [1.807, 2.05) is 13.0 Å². The number of aryl methyl sites for hydroxylation is 1. The normalized spacial score (nSPS) is 15.1. The van der Waals surface area contributed by atoms with Crippen LogP contribution >= 0.6 is 0 Å². The first kappa shape index (κ1) is 11.8. The van der Waals surface area contributed by atoms with Crippen molar-refractivity contribution in [3.05, 3.63) is 11.9 Å². The SMILES string of the molecule is CC(=O)CNc1cc(N2CCCC2)nc(C)n1. The Kier molecular flexibility index (Phi) is 3.56. The molecule has 0 atom stereocenters. The number of Topliss-reactive ketones (excluding diaryl/α,β-unsaturated/α-hetero) is 1. The number of nitrogens with one attached hydrogen (secondary N) is 1. The second kappa shape index (κ2) is 5.12. The highest BCUT2D eigenvalue weighted by Crippen LogP contribution is 2.20. The molecule has 92 valence electrons. The van der Waals surface area contributed by atoms with E-state index in [1.165, 1.54) is 12.8 Å². The zero-order valence-electron chi connectivity index (χ0n) is 10.4. The van der Waals surface area contributed by atoms with Crippen molar-refractivity contribution < 1.29 is 4.79 Å². The molecule has 2 rings (SSSR count). The summed E-state index contributed by atoms with van der Waals surface area (Å²) >= 11 is 0. The Labute approximate surface area is 101 Å². The highest BCUT2D eigenvalue weighted by molar-refractivity contribution is 5.80. The molecule has 2 heterocycles. The summed E-state index contributed by atoms with van der Waals surface area (Å²) in [5.74, 6) is 2.53. The Morgan fingerprint density at radius 3 is 2.76 bits per heavy atom. The first-order valence-corrected chi connectivity index (χ1v) is 5.99. The van der Waals surface area contributed by atoms with Crippen LogP contribution in [0.5, 0.6) is 0 Å². The van der Waals surface area contributed by atoms with Crippen molar-refractivity contribution in [2.45, 2.75) is 26.7 Å². The van der Waals surface area contributed by atoms with Crippen LogP contribution in [0.25, 0.3) is 0 Å². The van der Waals surface area contributed by atoms with Crippen LogP contribution in [0.15, 0.2) is 6.07 Å². The molecule has 0 aliphatic carbocycles. The highest BCUT2D eigenvalue weighted by atomic mass is 16.1. The first-order chi connectivity index (χ1) is 8.15. The Balaban J connectivity index is 2.13. The average Bonchev–Trinajstić information content (AvgIpc) is 2.79. The van der Waals surface area contributed by atoms with Crippen LogP contribution in [0, 0.1) is 6.92 Å². The topological polar surface area (TPSA) is 58.1 Å². The molecular formula is C12H18N4O. The molecule has 1 aliphatic heterocycles. The van der Waals surface area contributed by atoms with Crippen LogP contribution in [0.3, 0.4) is 0 Å². The van der Waals surface area contributed by atoms with Crippen LogP contribution in [-0.4, -0.2) is 35.4 Å². The van der Waals surface area contributed by atoms with Gasteiger partial charge < -0.3 is 10.2 Å². The molecule has 5 heteroatoms. The van der Waals surface area contributed by atoms with Crippen molar-refractivity contribution in [3.63, 3.8) is 0 Å². The van der Waals surface area contributed by atoms with E-state index in [1.54, 1.807) is 6.92 Å². The van der Waals surface area contributed by atoms with Gasteiger partial charge in [-0.15, -0.1) is 0 Å². The van der Waals surface area contributed by atoms with Gasteiger partial charge in [-0.3, -0.25) is 4.79 Å². The fraction of sp³-hybridized carbons (Fsp3) is 0.583. The lowest BCUT2D eigenvalue weighted by Gasteiger charge is -2.17. The molecule has 17 heavy (non-hydrogen) atoms. The minimum Gasteiger partial charge on any atom is -0.363 e. The maximum absolute atomic E-state index is 10.9. The standard InChI is InChI=1S/C12H18N4O/c1-9(17)8-13-11-7-12(15-10(2)14-11)16-5-3-4-6-16/h7H,3-6,8H2,1-2H3,(H,13,14,15). The molecule has 1 fully saturated rings. The summed E-state index contributed by atoms with van der Waals surface area (Å²) in [7, 11) is 0. The molecule has 0 amide bonds. The Morgan fingerprint density at radius 2 is 2.12 bits per heavy atom. The molecule has 0 aromatic carbocycles. The van der Waals surface area contributed by atoms with E-state index in [4.69, 9.17) is 0 Å². The van der Waals surface area contributed by atoms with Crippen molar-refractivity contribution >= 4 is 17.4 Å². The van der Waals surface area contributed by atoms with Crippen LogP contribution in [0.4, 0.5) is 11.6 Å². The largest absolute Gasteiger partial charge is 0.363 e. The van der Waals surface area contributed by atoms with Gasteiger partial charge in [-0.1, -0.05) is 0 Å². The molecule has 1 N–H and O–H groups in total. The number of rotatable bonds is 4. The Morgan fingerprint density at radius 1 is 1.41 bits per heavy atom. The van der Waals surface area contributed by atoms with Gasteiger partial charge in [0, 0.05) is 19.2 Å². The smallest absolute Gasteiger partial charge is 0.148 e. The number of carbonyl (C=O) groups is 1. The zero-order valence-corrected chi connectivity index (χ0v) is 10.4. The zero-order chi connectivity index (χ0) is 12.3. The number of hydrogen-bond donors (Lipinski definition) is 1. The number of anilines is 2. The van der Waals surface area contributed by atoms with E-state index in [2.05, 4.69) is 20.2 Å². The monoisotopic (exact) mass is 234 g/mol. The fourth-order valence-corrected chi connectivity index (χ4v) is 1.97. The molecule has 1 saturated heterocycles. The summed E-state index contributed by atoms with van der Waals surface area (Å²) in [6, 6.07) is 1.92. The lowest BCUT2D eigenvalue weighted by atomic mass is 10.4. The summed E-state index contributed by atoms with van der Waals surface area (Å²) in [5.41, 5.74) is 0. The van der Waals surface area contributed by atoms with Gasteiger partial charge in [0.1, 0.15) is 23.2 Å². The predicted molar refractivity (Wildman–Crippen MR) is 67.4 cm³/mol.